The number of isocyanates is 1. The first-order valence-corrected chi connectivity index (χ1v) is 32.3. The summed E-state index contributed by atoms with van der Waals surface area (Å²) in [6.45, 7) is 19.3. The van der Waals surface area contributed by atoms with Gasteiger partial charge in [0.25, 0.3) is 11.1 Å². The zero-order chi connectivity index (χ0) is 72.3. The van der Waals surface area contributed by atoms with Gasteiger partial charge in [0.1, 0.15) is 6.61 Å². The normalized spacial score (nSPS) is 13.3. The molecule has 4 aromatic rings. The fraction of sp³-hybridized carbons (Fsp3) is 0.424. The van der Waals surface area contributed by atoms with Crippen LogP contribution in [0, 0.1) is 27.7 Å². The molecule has 0 saturated heterocycles. The van der Waals surface area contributed by atoms with Crippen molar-refractivity contribution in [2.45, 2.75) is 107 Å². The summed E-state index contributed by atoms with van der Waals surface area (Å²) in [6.07, 6.45) is 9.22. The lowest BCUT2D eigenvalue weighted by Gasteiger charge is -2.24. The van der Waals surface area contributed by atoms with Crippen molar-refractivity contribution in [1.82, 2.24) is 46.5 Å². The van der Waals surface area contributed by atoms with Crippen molar-refractivity contribution in [1.29, 1.82) is 0 Å². The highest BCUT2D eigenvalue weighted by atomic mass is 35.5. The molecule has 0 saturated carbocycles. The number of alkyl carbamates (subject to hydrolysis) is 3. The van der Waals surface area contributed by atoms with Gasteiger partial charge in [-0.15, -0.1) is 0 Å². The molecule has 98 heavy (non-hydrogen) atoms. The molecule has 7 amide bonds. The summed E-state index contributed by atoms with van der Waals surface area (Å²) in [5.74, 6) is -0.783. The van der Waals surface area contributed by atoms with Gasteiger partial charge in [-0.3, -0.25) is 50.4 Å². The Balaban J connectivity index is 0.000000349. The fourth-order valence-corrected chi connectivity index (χ4v) is 9.60. The zero-order valence-electron chi connectivity index (χ0n) is 56.6. The molecule has 0 radical (unpaired) electrons. The second-order valence-corrected chi connectivity index (χ2v) is 22.6. The molecular weight excluding hydrogens is 1310 g/mol. The van der Waals surface area contributed by atoms with Crippen LogP contribution in [0.2, 0.25) is 0 Å². The van der Waals surface area contributed by atoms with E-state index in [1.165, 1.54) is 44.6 Å². The first-order chi connectivity index (χ1) is 46.8. The van der Waals surface area contributed by atoms with Crippen LogP contribution in [0.5, 0.6) is 0 Å². The van der Waals surface area contributed by atoms with Crippen molar-refractivity contribution in [3.05, 3.63) is 137 Å². The second-order valence-electron chi connectivity index (χ2n) is 21.8. The van der Waals surface area contributed by atoms with E-state index in [0.717, 1.165) is 80.4 Å². The quantitative estimate of drug-likeness (QED) is 0.00796. The summed E-state index contributed by atoms with van der Waals surface area (Å²) in [4.78, 5) is 146. The minimum Gasteiger partial charge on any atom is -0.453 e. The lowest BCUT2D eigenvalue weighted by molar-refractivity contribution is -0.112. The molecule has 32 heteroatoms. The molecule has 2 aromatic heterocycles. The van der Waals surface area contributed by atoms with Gasteiger partial charge in [0.2, 0.25) is 29.5 Å². The summed E-state index contributed by atoms with van der Waals surface area (Å²) in [5, 5.41) is 27.0. The highest BCUT2D eigenvalue weighted by molar-refractivity contribution is 6.50. The summed E-state index contributed by atoms with van der Waals surface area (Å²) in [6, 6.07) is 13.4. The molecule has 528 valence electrons. The van der Waals surface area contributed by atoms with Gasteiger partial charge < -0.3 is 45.1 Å². The Morgan fingerprint density at radius 2 is 0.990 bits per heavy atom. The van der Waals surface area contributed by atoms with Crippen molar-refractivity contribution in [3.63, 3.8) is 0 Å². The molecule has 2 aliphatic carbocycles. The third-order valence-corrected chi connectivity index (χ3v) is 15.3. The monoisotopic (exact) mass is 1400 g/mol. The summed E-state index contributed by atoms with van der Waals surface area (Å²) >= 11 is 12.4. The van der Waals surface area contributed by atoms with Crippen molar-refractivity contribution < 1.29 is 57.7 Å². The molecule has 10 N–H and O–H groups in total. The number of urea groups is 2. The van der Waals surface area contributed by atoms with Crippen LogP contribution in [0.4, 0.5) is 58.6 Å². The van der Waals surface area contributed by atoms with Crippen molar-refractivity contribution in [3.8, 4) is 0 Å². The number of ketones is 2. The molecule has 2 heterocycles. The number of aliphatic hydroxyl groups is 1. The summed E-state index contributed by atoms with van der Waals surface area (Å²) in [7, 11) is 2.41. The van der Waals surface area contributed by atoms with Crippen LogP contribution in [-0.2, 0) is 28.6 Å². The van der Waals surface area contributed by atoms with Crippen molar-refractivity contribution >= 4 is 117 Å². The summed E-state index contributed by atoms with van der Waals surface area (Å²) < 4.78 is 14.5. The number of ether oxygens (including phenoxy) is 3. The minimum atomic E-state index is -0.788. The maximum atomic E-state index is 12.5. The largest absolute Gasteiger partial charge is 0.453 e. The van der Waals surface area contributed by atoms with Crippen molar-refractivity contribution in [2.24, 2.45) is 15.0 Å². The van der Waals surface area contributed by atoms with Crippen LogP contribution < -0.4 is 58.1 Å². The Bertz CT molecular complexity index is 3850. The lowest BCUT2D eigenvalue weighted by Crippen LogP contribution is -2.31. The number of amides is 7. The third-order valence-electron chi connectivity index (χ3n) is 14.4. The Labute approximate surface area is 577 Å². The molecule has 0 unspecified atom stereocenters. The number of likely N-dealkylation sites (N-methyl/N-ethyl adjacent to an activating group) is 2. The van der Waals surface area contributed by atoms with Gasteiger partial charge in [0, 0.05) is 74.2 Å². The number of nitrogens with zero attached hydrogens (tertiary/aromatic N) is 7. The number of aromatic amines is 2. The van der Waals surface area contributed by atoms with Crippen LogP contribution >= 0.6 is 23.2 Å². The van der Waals surface area contributed by atoms with E-state index in [1.54, 1.807) is 27.7 Å². The number of aliphatic imine (C=N–C) groups is 3. The van der Waals surface area contributed by atoms with E-state index in [-0.39, 0.29) is 57.7 Å². The Hall–Kier alpha value is -10.3. The van der Waals surface area contributed by atoms with Gasteiger partial charge >= 0.3 is 30.3 Å². The number of benzene rings is 2. The van der Waals surface area contributed by atoms with E-state index in [4.69, 9.17) is 27.9 Å². The number of carbonyl (C=O) groups is 7. The highest BCUT2D eigenvalue weighted by Crippen LogP contribution is 2.31. The van der Waals surface area contributed by atoms with Crippen molar-refractivity contribution in [2.75, 3.05) is 100 Å². The second kappa shape index (κ2) is 42.3. The molecule has 0 aliphatic heterocycles. The number of allylic oxidation sites excluding steroid dienone is 6. The van der Waals surface area contributed by atoms with Crippen LogP contribution in [-0.4, -0.2) is 164 Å². The first kappa shape index (κ1) is 80.1. The van der Waals surface area contributed by atoms with Crippen LogP contribution in [0.1, 0.15) is 102 Å². The van der Waals surface area contributed by atoms with Gasteiger partial charge in [0.15, 0.2) is 0 Å². The number of anilines is 4. The lowest BCUT2D eigenvalue weighted by atomic mass is 10.0. The van der Waals surface area contributed by atoms with Crippen LogP contribution in [0.15, 0.2) is 118 Å². The third kappa shape index (κ3) is 27.4. The van der Waals surface area contributed by atoms with E-state index in [1.807, 2.05) is 64.1 Å². The SMILES string of the molecule is CCN(CCO)c1ccc(N=C2C=C(NC(=O)OC)C(=O)C(Cl)=C2C)c(C)c1.CCN(CCOC(=O)NCCCCCCNC(=O)Nc1nc(C)cc(=O)[nH]1)c1ccc(N=C2C=C(NC(=O)OC)C(=O)C(Cl)=C2C)c(C)c1.Cc1cc(=O)[nH]c(NC(=O)NCCCCCCN=C=O)n1. The smallest absolute Gasteiger partial charge is 0.411 e. The zero-order valence-corrected chi connectivity index (χ0v) is 58.2. The summed E-state index contributed by atoms with van der Waals surface area (Å²) in [5.41, 5.74) is 7.40. The number of carbonyl (C=O) groups excluding carboxylic acids is 8. The van der Waals surface area contributed by atoms with E-state index >= 15 is 0 Å². The average Bonchev–Trinajstić information content (AvgIpc) is 0.808. The number of hydrogen-bond acceptors (Lipinski definition) is 21. The first-order valence-electron chi connectivity index (χ1n) is 31.5. The molecule has 0 atom stereocenters. The fourth-order valence-electron chi connectivity index (χ4n) is 9.20. The maximum absolute atomic E-state index is 12.5. The molecule has 0 bridgehead atoms. The number of methoxy groups -OCH3 is 2. The molecule has 0 fully saturated rings. The molecule has 6 rings (SSSR count). The molecule has 0 spiro atoms. The maximum Gasteiger partial charge on any atom is 0.411 e. The molecule has 2 aliphatic rings. The number of aromatic nitrogens is 4. The predicted molar refractivity (Wildman–Crippen MR) is 376 cm³/mol. The van der Waals surface area contributed by atoms with Gasteiger partial charge in [-0.1, -0.05) is 48.9 Å². The number of rotatable bonds is 29. The predicted octanol–water partition coefficient (Wildman–Crippen LogP) is 9.05. The van der Waals surface area contributed by atoms with Gasteiger partial charge in [-0.05, 0) is 152 Å². The Morgan fingerprint density at radius 1 is 0.571 bits per heavy atom. The molecular formula is C66H86Cl2N16O14. The highest BCUT2D eigenvalue weighted by Gasteiger charge is 2.27. The number of unbranched alkanes of at least 4 members (excludes halogenated alkanes) is 6. The number of aryl methyl sites for hydroxylation is 4. The molecule has 2 aromatic carbocycles. The topological polar surface area (TPSA) is 404 Å². The number of halogens is 2. The standard InChI is InChI=1S/C33H43ClN8O7.C20H24ClN3O4.C13H19N5O3/c1-6-42(23-11-12-24(20(2)17-23)38-25-19-26(39-33(47)48-5)29(44)28(34)22(25)4)15-16-49-32(46)36-14-10-8-7-9-13-35-31(45)41-30-37-21(3)18-27(43)40-30;1-5-24(8-9-25)14-6-7-15(12(2)10-14)22-16-11-17(23-20(27)28-4)19(26)18(21)13(16)3;1-10-8-11(20)17-12(16-10)18-13(21)15-7-5-3-2-4-6-14-9-19/h11-12,17-19H,6-10,13-16H2,1-5H3,(H,36,46)(H,39,47)(H3,35,37,40,41,43,45);6-7,10-11,25H,5,8-9H2,1-4H3,(H,23,27);8H,2-7H2,1H3,(H3,15,16,17,18,20,21). The van der Waals surface area contributed by atoms with E-state index in [0.29, 0.717) is 91.1 Å². The number of nitrogens with one attached hydrogen (secondary N) is 9. The molecule has 30 nitrogen and oxygen atoms in total. The van der Waals surface area contributed by atoms with Crippen LogP contribution in [0.25, 0.3) is 0 Å². The minimum absolute atomic E-state index is 0.00188. The van der Waals surface area contributed by atoms with Gasteiger partial charge in [-0.2, -0.15) is 0 Å². The van der Waals surface area contributed by atoms with Gasteiger partial charge in [-0.25, -0.2) is 53.7 Å². The number of H-pyrrole nitrogens is 2. The van der Waals surface area contributed by atoms with E-state index < -0.39 is 41.9 Å². The Morgan fingerprint density at radius 3 is 1.38 bits per heavy atom. The van der Waals surface area contributed by atoms with Crippen LogP contribution in [0.3, 0.4) is 0 Å². The van der Waals surface area contributed by atoms with E-state index in [2.05, 4.69) is 91.4 Å². The average molecular weight is 1400 g/mol. The van der Waals surface area contributed by atoms with Gasteiger partial charge in [0.05, 0.1) is 78.2 Å². The van der Waals surface area contributed by atoms with E-state index in [9.17, 15) is 53.1 Å². The number of hydrogen-bond donors (Lipinski definition) is 10. The number of aliphatic hydroxyl groups excluding tert-OH is 1. The Kier molecular flexibility index (Phi) is 34.6. The number of Topliss-reactive ketones (excluding diaryl/α,β-unsaturated/α-hetero) is 2.